The van der Waals surface area contributed by atoms with E-state index >= 15 is 0 Å². The van der Waals surface area contributed by atoms with Crippen LogP contribution in [0.25, 0.3) is 0 Å². The molecule has 20 heavy (non-hydrogen) atoms. The Kier molecular flexibility index (Phi) is 4.53. The maximum absolute atomic E-state index is 12.1. The van der Waals surface area contributed by atoms with Gasteiger partial charge in [-0.25, -0.2) is 0 Å². The number of nitrogens with one attached hydrogen (secondary N) is 1. The third-order valence-corrected chi connectivity index (χ3v) is 4.15. The van der Waals surface area contributed by atoms with Crippen molar-refractivity contribution >= 4 is 28.1 Å². The van der Waals surface area contributed by atoms with Gasteiger partial charge in [0.2, 0.25) is 5.91 Å². The fourth-order valence-corrected chi connectivity index (χ4v) is 2.64. The van der Waals surface area contributed by atoms with E-state index in [2.05, 4.69) is 5.32 Å². The maximum Gasteiger partial charge on any atom is 0.237 e. The number of aryl methyl sites for hydroxylation is 1. The van der Waals surface area contributed by atoms with E-state index in [9.17, 15) is 9.00 Å². The molecule has 1 amide bonds. The monoisotopic (exact) mass is 288 g/mol. The lowest BCUT2D eigenvalue weighted by Gasteiger charge is -2.08. The zero-order valence-electron chi connectivity index (χ0n) is 11.1. The number of carbonyl (C=O) groups is 1. The number of hydrogen-bond acceptors (Lipinski definition) is 3. The summed E-state index contributed by atoms with van der Waals surface area (Å²) in [5, 5.41) is 2.77. The molecule has 0 fully saturated rings. The van der Waals surface area contributed by atoms with Crippen molar-refractivity contribution in [2.24, 2.45) is 0 Å². The van der Waals surface area contributed by atoms with Crippen molar-refractivity contribution in [3.05, 3.63) is 54.1 Å². The van der Waals surface area contributed by atoms with Gasteiger partial charge in [0.15, 0.2) is 0 Å². The standard InChI is InChI=1S/C15H16N2O2S/c1-11-4-2-3-5-14(11)17-15(18)10-20(19)13-8-6-12(16)7-9-13/h2-9H,10,16H2,1H3,(H,17,18). The summed E-state index contributed by atoms with van der Waals surface area (Å²) in [6.07, 6.45) is 0. The van der Waals surface area contributed by atoms with Crippen LogP contribution < -0.4 is 11.1 Å². The highest BCUT2D eigenvalue weighted by Crippen LogP contribution is 2.14. The lowest BCUT2D eigenvalue weighted by atomic mass is 10.2. The number of nitrogen functional groups attached to an aromatic ring is 1. The second-order valence-electron chi connectivity index (χ2n) is 4.42. The first kappa shape index (κ1) is 14.3. The minimum Gasteiger partial charge on any atom is -0.399 e. The molecule has 0 aromatic heterocycles. The second-order valence-corrected chi connectivity index (χ2v) is 5.87. The van der Waals surface area contributed by atoms with Gasteiger partial charge in [-0.15, -0.1) is 0 Å². The van der Waals surface area contributed by atoms with Crippen LogP contribution >= 0.6 is 0 Å². The van der Waals surface area contributed by atoms with Crippen molar-refractivity contribution in [2.45, 2.75) is 11.8 Å². The molecule has 0 aliphatic rings. The maximum atomic E-state index is 12.1. The Morgan fingerprint density at radius 1 is 1.15 bits per heavy atom. The Hall–Kier alpha value is -2.14. The summed E-state index contributed by atoms with van der Waals surface area (Å²) >= 11 is 0. The van der Waals surface area contributed by atoms with E-state index in [0.717, 1.165) is 11.3 Å². The number of para-hydroxylation sites is 1. The molecule has 2 aromatic rings. The van der Waals surface area contributed by atoms with Crippen LogP contribution in [0.5, 0.6) is 0 Å². The number of benzene rings is 2. The molecule has 2 aromatic carbocycles. The summed E-state index contributed by atoms with van der Waals surface area (Å²) < 4.78 is 12.1. The predicted octanol–water partition coefficient (Wildman–Crippen LogP) is 2.32. The molecule has 5 heteroatoms. The van der Waals surface area contributed by atoms with Crippen LogP contribution in [0, 0.1) is 6.92 Å². The van der Waals surface area contributed by atoms with Crippen molar-refractivity contribution in [3.8, 4) is 0 Å². The minimum absolute atomic E-state index is 0.0712. The molecule has 0 aliphatic carbocycles. The predicted molar refractivity (Wildman–Crippen MR) is 81.9 cm³/mol. The molecule has 0 spiro atoms. The highest BCUT2D eigenvalue weighted by Gasteiger charge is 2.11. The Morgan fingerprint density at radius 3 is 2.45 bits per heavy atom. The molecule has 0 aliphatic heterocycles. The fraction of sp³-hybridized carbons (Fsp3) is 0.133. The van der Waals surface area contributed by atoms with Crippen LogP contribution in [0.1, 0.15) is 5.56 Å². The van der Waals surface area contributed by atoms with Crippen LogP contribution in [0.2, 0.25) is 0 Å². The first-order valence-corrected chi connectivity index (χ1v) is 7.47. The molecule has 0 radical (unpaired) electrons. The largest absolute Gasteiger partial charge is 0.399 e. The quantitative estimate of drug-likeness (QED) is 0.848. The number of nitrogens with two attached hydrogens (primary N) is 1. The van der Waals surface area contributed by atoms with Gasteiger partial charge in [-0.05, 0) is 42.8 Å². The molecule has 4 nitrogen and oxygen atoms in total. The highest BCUT2D eigenvalue weighted by atomic mass is 32.2. The van der Waals surface area contributed by atoms with E-state index in [4.69, 9.17) is 5.73 Å². The molecular formula is C15H16N2O2S. The molecule has 0 saturated carbocycles. The summed E-state index contributed by atoms with van der Waals surface area (Å²) in [7, 11) is -1.37. The topological polar surface area (TPSA) is 72.2 Å². The van der Waals surface area contributed by atoms with Crippen LogP contribution in [-0.2, 0) is 15.6 Å². The fourth-order valence-electron chi connectivity index (χ4n) is 1.72. The van der Waals surface area contributed by atoms with Crippen LogP contribution in [0.4, 0.5) is 11.4 Å². The van der Waals surface area contributed by atoms with Gasteiger partial charge < -0.3 is 11.1 Å². The summed E-state index contributed by atoms with van der Waals surface area (Å²) in [6, 6.07) is 14.2. The average Bonchev–Trinajstić information content (AvgIpc) is 2.42. The Bertz CT molecular complexity index is 639. The molecule has 0 bridgehead atoms. The van der Waals surface area contributed by atoms with Crippen molar-refractivity contribution in [1.29, 1.82) is 0 Å². The molecule has 0 saturated heterocycles. The van der Waals surface area contributed by atoms with Crippen LogP contribution in [0.15, 0.2) is 53.4 Å². The van der Waals surface area contributed by atoms with Crippen molar-refractivity contribution in [1.82, 2.24) is 0 Å². The SMILES string of the molecule is Cc1ccccc1NC(=O)CS(=O)c1ccc(N)cc1. The smallest absolute Gasteiger partial charge is 0.237 e. The van der Waals surface area contributed by atoms with E-state index in [0.29, 0.717) is 10.6 Å². The highest BCUT2D eigenvalue weighted by molar-refractivity contribution is 7.85. The first-order valence-electron chi connectivity index (χ1n) is 6.15. The number of hydrogen-bond donors (Lipinski definition) is 2. The lowest BCUT2D eigenvalue weighted by Crippen LogP contribution is -2.20. The van der Waals surface area contributed by atoms with E-state index in [1.807, 2.05) is 31.2 Å². The Labute approximate surface area is 120 Å². The zero-order valence-corrected chi connectivity index (χ0v) is 11.9. The van der Waals surface area contributed by atoms with Gasteiger partial charge in [-0.1, -0.05) is 18.2 Å². The third-order valence-electron chi connectivity index (χ3n) is 2.82. The summed E-state index contributed by atoms with van der Waals surface area (Å²) in [5.41, 5.74) is 7.89. The molecule has 0 heterocycles. The van der Waals surface area contributed by atoms with Gasteiger partial charge in [-0.2, -0.15) is 0 Å². The van der Waals surface area contributed by atoms with Gasteiger partial charge in [0.05, 0.1) is 10.8 Å². The van der Waals surface area contributed by atoms with Crippen molar-refractivity contribution in [2.75, 3.05) is 16.8 Å². The van der Waals surface area contributed by atoms with Gasteiger partial charge in [0.1, 0.15) is 5.75 Å². The van der Waals surface area contributed by atoms with Gasteiger partial charge in [-0.3, -0.25) is 9.00 Å². The van der Waals surface area contributed by atoms with Crippen LogP contribution in [-0.4, -0.2) is 15.9 Å². The molecule has 1 unspecified atom stereocenters. The molecule has 3 N–H and O–H groups in total. The van der Waals surface area contributed by atoms with E-state index < -0.39 is 10.8 Å². The molecule has 1 atom stereocenters. The minimum atomic E-state index is -1.37. The number of amides is 1. The van der Waals surface area contributed by atoms with Crippen molar-refractivity contribution < 1.29 is 9.00 Å². The summed E-state index contributed by atoms with van der Waals surface area (Å²) in [5.74, 6) is -0.340. The Morgan fingerprint density at radius 2 is 1.80 bits per heavy atom. The molecular weight excluding hydrogens is 272 g/mol. The lowest BCUT2D eigenvalue weighted by molar-refractivity contribution is -0.113. The Balaban J connectivity index is 2.00. The molecule has 104 valence electrons. The van der Waals surface area contributed by atoms with E-state index in [1.54, 1.807) is 24.3 Å². The molecule has 2 rings (SSSR count). The zero-order chi connectivity index (χ0) is 14.5. The van der Waals surface area contributed by atoms with Gasteiger partial charge >= 0.3 is 0 Å². The van der Waals surface area contributed by atoms with Crippen molar-refractivity contribution in [3.63, 3.8) is 0 Å². The average molecular weight is 288 g/mol. The van der Waals surface area contributed by atoms with Crippen LogP contribution in [0.3, 0.4) is 0 Å². The van der Waals surface area contributed by atoms with Gasteiger partial charge in [0.25, 0.3) is 0 Å². The summed E-state index contributed by atoms with van der Waals surface area (Å²) in [6.45, 7) is 1.91. The number of carbonyl (C=O) groups excluding carboxylic acids is 1. The number of rotatable bonds is 4. The van der Waals surface area contributed by atoms with Gasteiger partial charge in [0, 0.05) is 16.3 Å². The second kappa shape index (κ2) is 6.34. The van der Waals surface area contributed by atoms with E-state index in [1.165, 1.54) is 0 Å². The van der Waals surface area contributed by atoms with E-state index in [-0.39, 0.29) is 11.7 Å². The number of anilines is 2. The third kappa shape index (κ3) is 3.68. The normalized spacial score (nSPS) is 11.8. The first-order chi connectivity index (χ1) is 9.56. The summed E-state index contributed by atoms with van der Waals surface area (Å²) in [4.78, 5) is 12.5.